The lowest BCUT2D eigenvalue weighted by molar-refractivity contribution is -0.139. The van der Waals surface area contributed by atoms with Gasteiger partial charge in [0.2, 0.25) is 0 Å². The lowest BCUT2D eigenvalue weighted by Gasteiger charge is -2.25. The van der Waals surface area contributed by atoms with E-state index < -0.39 is 12.0 Å². The number of fused-ring (bicyclic) bond motifs is 1. The first-order chi connectivity index (χ1) is 20.1. The number of ether oxygens (including phenoxy) is 5. The largest absolute Gasteiger partial charge is 0.493 e. The Morgan fingerprint density at radius 3 is 2.26 bits per heavy atom. The molecular weight excluding hydrogens is 556 g/mol. The van der Waals surface area contributed by atoms with Crippen molar-refractivity contribution in [3.63, 3.8) is 0 Å². The molecule has 3 aromatic rings. The zero-order valence-corrected chi connectivity index (χ0v) is 26.2. The number of rotatable bonds is 11. The number of carbonyl (C=O) groups is 1. The summed E-state index contributed by atoms with van der Waals surface area (Å²) in [5, 5.41) is 0. The molecule has 0 amide bonds. The maximum absolute atomic E-state index is 14.0. The number of esters is 1. The maximum Gasteiger partial charge on any atom is 0.338 e. The van der Waals surface area contributed by atoms with Crippen LogP contribution in [-0.4, -0.2) is 43.1 Å². The monoisotopic (exact) mass is 594 g/mol. The standard InChI is InChI=1S/C32H38N2O7S/c1-9-38-26-15-21(11-13-24(26)41-19(5)6)16-27-30(35)34-29(22-12-14-23(40-18(3)4)25(17-22)37-8)28(31(36)39-10-2)20(7)33-32(34)42-27/h11-19,29H,9-10H2,1-8H3/b27-16+/t29-/m1/s1. The Morgan fingerprint density at radius 2 is 1.64 bits per heavy atom. The molecule has 0 N–H and O–H groups in total. The highest BCUT2D eigenvalue weighted by atomic mass is 32.1. The van der Waals surface area contributed by atoms with Gasteiger partial charge >= 0.3 is 5.97 Å². The summed E-state index contributed by atoms with van der Waals surface area (Å²) >= 11 is 1.26. The van der Waals surface area contributed by atoms with E-state index in [2.05, 4.69) is 4.99 Å². The predicted octanol–water partition coefficient (Wildman–Crippen LogP) is 4.78. The van der Waals surface area contributed by atoms with Crippen LogP contribution in [0.15, 0.2) is 57.5 Å². The second-order valence-corrected chi connectivity index (χ2v) is 11.2. The van der Waals surface area contributed by atoms with E-state index in [9.17, 15) is 9.59 Å². The Kier molecular flexibility index (Phi) is 9.78. The lowest BCUT2D eigenvalue weighted by Crippen LogP contribution is -2.40. The van der Waals surface area contributed by atoms with Gasteiger partial charge in [0.15, 0.2) is 27.8 Å². The van der Waals surface area contributed by atoms with Crippen molar-refractivity contribution in [3.05, 3.63) is 78.5 Å². The summed E-state index contributed by atoms with van der Waals surface area (Å²) in [7, 11) is 1.55. The van der Waals surface area contributed by atoms with Crippen LogP contribution in [0.5, 0.6) is 23.0 Å². The van der Waals surface area contributed by atoms with E-state index in [1.54, 1.807) is 43.7 Å². The number of nitrogens with zero attached hydrogens (tertiary/aromatic N) is 2. The van der Waals surface area contributed by atoms with E-state index in [0.29, 0.717) is 55.8 Å². The fourth-order valence-corrected chi connectivity index (χ4v) is 5.74. The van der Waals surface area contributed by atoms with E-state index in [0.717, 1.165) is 5.56 Å². The highest BCUT2D eigenvalue weighted by Gasteiger charge is 2.34. The molecule has 0 saturated heterocycles. The van der Waals surface area contributed by atoms with Crippen LogP contribution in [0.25, 0.3) is 6.08 Å². The lowest BCUT2D eigenvalue weighted by atomic mass is 9.95. The Morgan fingerprint density at radius 1 is 0.976 bits per heavy atom. The zero-order chi connectivity index (χ0) is 30.6. The van der Waals surface area contributed by atoms with Gasteiger partial charge in [-0.1, -0.05) is 23.5 Å². The van der Waals surface area contributed by atoms with Crippen molar-refractivity contribution >= 4 is 23.4 Å². The maximum atomic E-state index is 14.0. The number of thiazole rings is 1. The van der Waals surface area contributed by atoms with E-state index in [1.807, 2.05) is 58.9 Å². The summed E-state index contributed by atoms with van der Waals surface area (Å²) < 4.78 is 30.6. The number of methoxy groups -OCH3 is 1. The van der Waals surface area contributed by atoms with Gasteiger partial charge in [-0.2, -0.15) is 0 Å². The number of hydrogen-bond donors (Lipinski definition) is 0. The Bertz CT molecular complexity index is 1670. The zero-order valence-electron chi connectivity index (χ0n) is 25.3. The van der Waals surface area contributed by atoms with E-state index in [1.165, 1.54) is 11.3 Å². The first kappa shape index (κ1) is 30.9. The second-order valence-electron chi connectivity index (χ2n) is 10.2. The molecule has 0 spiro atoms. The molecule has 0 radical (unpaired) electrons. The normalized spacial score (nSPS) is 15.0. The third-order valence-electron chi connectivity index (χ3n) is 6.31. The number of allylic oxidation sites excluding steroid dienone is 1. The van der Waals surface area contributed by atoms with Crippen LogP contribution >= 0.6 is 11.3 Å². The van der Waals surface area contributed by atoms with Crippen LogP contribution in [-0.2, 0) is 9.53 Å². The molecule has 2 heterocycles. The molecule has 2 aromatic carbocycles. The molecule has 9 nitrogen and oxygen atoms in total. The molecule has 10 heteroatoms. The van der Waals surface area contributed by atoms with Crippen LogP contribution in [0.2, 0.25) is 0 Å². The van der Waals surface area contributed by atoms with Gasteiger partial charge in [-0.15, -0.1) is 0 Å². The average molecular weight is 595 g/mol. The second kappa shape index (κ2) is 13.3. The van der Waals surface area contributed by atoms with E-state index in [-0.39, 0.29) is 24.4 Å². The molecule has 0 fully saturated rings. The summed E-state index contributed by atoms with van der Waals surface area (Å²) in [5.41, 5.74) is 1.95. The van der Waals surface area contributed by atoms with Gasteiger partial charge in [0.05, 0.1) is 54.4 Å². The van der Waals surface area contributed by atoms with Crippen LogP contribution in [0.3, 0.4) is 0 Å². The SMILES string of the molecule is CCOC(=O)C1=C(C)N=c2s/c(=C/c3ccc(OC(C)C)c(OCC)c3)c(=O)n2[C@@H]1c1ccc(OC(C)C)c(OC)c1. The molecule has 0 saturated carbocycles. The summed E-state index contributed by atoms with van der Waals surface area (Å²) in [6, 6.07) is 10.2. The fourth-order valence-electron chi connectivity index (χ4n) is 4.70. The molecule has 1 atom stereocenters. The average Bonchev–Trinajstić information content (AvgIpc) is 3.23. The molecule has 1 aromatic heterocycles. The Balaban J connectivity index is 1.90. The highest BCUT2D eigenvalue weighted by molar-refractivity contribution is 7.07. The smallest absolute Gasteiger partial charge is 0.338 e. The minimum atomic E-state index is -0.773. The minimum absolute atomic E-state index is 0.0137. The molecule has 0 bridgehead atoms. The van der Waals surface area contributed by atoms with E-state index >= 15 is 0 Å². The molecular formula is C32H38N2O7S. The predicted molar refractivity (Wildman–Crippen MR) is 163 cm³/mol. The highest BCUT2D eigenvalue weighted by Crippen LogP contribution is 2.36. The van der Waals surface area contributed by atoms with Crippen LogP contribution in [0, 0.1) is 0 Å². The molecule has 1 aliphatic rings. The van der Waals surface area contributed by atoms with Crippen LogP contribution in [0.1, 0.15) is 65.6 Å². The van der Waals surface area contributed by atoms with Crippen molar-refractivity contribution in [1.82, 2.24) is 4.57 Å². The topological polar surface area (TPSA) is 97.6 Å². The molecule has 1 aliphatic heterocycles. The van der Waals surface area contributed by atoms with Gasteiger partial charge in [-0.25, -0.2) is 9.79 Å². The van der Waals surface area contributed by atoms with E-state index in [4.69, 9.17) is 23.7 Å². The van der Waals surface area contributed by atoms with Crippen molar-refractivity contribution in [1.29, 1.82) is 0 Å². The first-order valence-corrected chi connectivity index (χ1v) is 14.9. The molecule has 4 rings (SSSR count). The summed E-state index contributed by atoms with van der Waals surface area (Å²) in [6.07, 6.45) is 1.72. The minimum Gasteiger partial charge on any atom is -0.493 e. The van der Waals surface area contributed by atoms with Gasteiger partial charge in [0, 0.05) is 0 Å². The molecule has 224 valence electrons. The van der Waals surface area contributed by atoms with Gasteiger partial charge in [-0.05, 0) is 89.9 Å². The number of hydrogen-bond acceptors (Lipinski definition) is 9. The quantitative estimate of drug-likeness (QED) is 0.295. The third kappa shape index (κ3) is 6.54. The van der Waals surface area contributed by atoms with Gasteiger partial charge in [0.1, 0.15) is 0 Å². The molecule has 42 heavy (non-hydrogen) atoms. The van der Waals surface area contributed by atoms with Gasteiger partial charge in [-0.3, -0.25) is 9.36 Å². The van der Waals surface area contributed by atoms with Crippen molar-refractivity contribution in [2.45, 2.75) is 66.7 Å². The van der Waals surface area contributed by atoms with Gasteiger partial charge in [0.25, 0.3) is 5.56 Å². The molecule has 0 aliphatic carbocycles. The van der Waals surface area contributed by atoms with Gasteiger partial charge < -0.3 is 23.7 Å². The molecule has 0 unspecified atom stereocenters. The fraction of sp³-hybridized carbons (Fsp3) is 0.406. The van der Waals surface area contributed by atoms with Crippen LogP contribution in [0.4, 0.5) is 0 Å². The summed E-state index contributed by atoms with van der Waals surface area (Å²) in [4.78, 5) is 32.4. The number of benzene rings is 2. The van der Waals surface area contributed by atoms with Crippen molar-refractivity contribution in [2.75, 3.05) is 20.3 Å². The van der Waals surface area contributed by atoms with Crippen LogP contribution < -0.4 is 33.8 Å². The first-order valence-electron chi connectivity index (χ1n) is 14.1. The van der Waals surface area contributed by atoms with Crippen molar-refractivity contribution in [3.8, 4) is 23.0 Å². The number of aromatic nitrogens is 1. The third-order valence-corrected chi connectivity index (χ3v) is 7.29. The van der Waals surface area contributed by atoms with Crippen molar-refractivity contribution < 1.29 is 28.5 Å². The van der Waals surface area contributed by atoms with Crippen molar-refractivity contribution in [2.24, 2.45) is 4.99 Å². The Labute approximate surface area is 249 Å². The summed E-state index contributed by atoms with van der Waals surface area (Å²) in [6.45, 7) is 13.8. The Hall–Kier alpha value is -4.05. The summed E-state index contributed by atoms with van der Waals surface area (Å²) in [5.74, 6) is 1.77. The number of carbonyl (C=O) groups excluding carboxylic acids is 1.